The summed E-state index contributed by atoms with van der Waals surface area (Å²) in [5.41, 5.74) is 5.69. The summed E-state index contributed by atoms with van der Waals surface area (Å²) >= 11 is 0. The molecule has 0 radical (unpaired) electrons. The van der Waals surface area contributed by atoms with Gasteiger partial charge >= 0.3 is 0 Å². The maximum absolute atomic E-state index is 5.81. The highest BCUT2D eigenvalue weighted by molar-refractivity contribution is 4.76. The van der Waals surface area contributed by atoms with Gasteiger partial charge in [0, 0.05) is 12.6 Å². The van der Waals surface area contributed by atoms with Crippen LogP contribution in [0.4, 0.5) is 0 Å². The van der Waals surface area contributed by atoms with Crippen molar-refractivity contribution in [3.63, 3.8) is 0 Å². The Kier molecular flexibility index (Phi) is 3.82. The van der Waals surface area contributed by atoms with E-state index in [0.29, 0.717) is 6.61 Å². The number of rotatable bonds is 4. The van der Waals surface area contributed by atoms with Crippen molar-refractivity contribution in [2.24, 2.45) is 5.73 Å². The minimum Gasteiger partial charge on any atom is -0.383 e. The van der Waals surface area contributed by atoms with Gasteiger partial charge in [0.15, 0.2) is 0 Å². The summed E-state index contributed by atoms with van der Waals surface area (Å²) in [4.78, 5) is 0. The van der Waals surface area contributed by atoms with Crippen molar-refractivity contribution >= 4 is 0 Å². The van der Waals surface area contributed by atoms with Crippen molar-refractivity contribution in [3.05, 3.63) is 0 Å². The van der Waals surface area contributed by atoms with Crippen molar-refractivity contribution < 1.29 is 4.74 Å². The number of nitrogens with two attached hydrogens (primary N) is 1. The largest absolute Gasteiger partial charge is 0.383 e. The van der Waals surface area contributed by atoms with Gasteiger partial charge in [0.1, 0.15) is 0 Å². The molecule has 0 amide bonds. The van der Waals surface area contributed by atoms with Crippen LogP contribution in [0, 0.1) is 0 Å². The first-order chi connectivity index (χ1) is 4.12. The molecule has 0 saturated heterocycles. The van der Waals surface area contributed by atoms with Crippen LogP contribution in [-0.4, -0.2) is 19.3 Å². The van der Waals surface area contributed by atoms with E-state index in [9.17, 15) is 0 Å². The fraction of sp³-hybridized carbons (Fsp3) is 1.00. The van der Waals surface area contributed by atoms with Crippen molar-refractivity contribution in [2.45, 2.75) is 32.2 Å². The molecule has 9 heavy (non-hydrogen) atoms. The molecule has 0 fully saturated rings. The molecular formula is C7H17NO. The third-order valence-corrected chi connectivity index (χ3v) is 1.30. The highest BCUT2D eigenvalue weighted by atomic mass is 16.5. The van der Waals surface area contributed by atoms with Gasteiger partial charge in [-0.3, -0.25) is 0 Å². The first kappa shape index (κ1) is 8.92. The van der Waals surface area contributed by atoms with Gasteiger partial charge in [0.2, 0.25) is 0 Å². The number of ether oxygens (including phenoxy) is 1. The molecule has 2 N–H and O–H groups in total. The van der Waals surface area contributed by atoms with Gasteiger partial charge in [-0.1, -0.05) is 13.3 Å². The molecule has 0 aromatic heterocycles. The minimum atomic E-state index is -0.122. The van der Waals surface area contributed by atoms with E-state index in [1.165, 1.54) is 0 Å². The molecule has 0 aromatic carbocycles. The van der Waals surface area contributed by atoms with Crippen LogP contribution in [0.25, 0.3) is 0 Å². The van der Waals surface area contributed by atoms with Gasteiger partial charge in [0.25, 0.3) is 0 Å². The molecule has 0 aliphatic heterocycles. The van der Waals surface area contributed by atoms with E-state index < -0.39 is 0 Å². The first-order valence-corrected chi connectivity index (χ1v) is 3.40. The van der Waals surface area contributed by atoms with Crippen molar-refractivity contribution in [1.29, 1.82) is 0 Å². The Labute approximate surface area is 57.4 Å². The second kappa shape index (κ2) is 3.85. The number of hydrogen-bond donors (Lipinski definition) is 1. The lowest BCUT2D eigenvalue weighted by Crippen LogP contribution is -2.40. The lowest BCUT2D eigenvalue weighted by atomic mass is 9.99. The maximum Gasteiger partial charge on any atom is 0.0639 e. The monoisotopic (exact) mass is 131 g/mol. The number of methoxy groups -OCH3 is 1. The van der Waals surface area contributed by atoms with Crippen LogP contribution in [0.5, 0.6) is 0 Å². The molecule has 0 heterocycles. The second-order valence-electron chi connectivity index (χ2n) is 2.84. The van der Waals surface area contributed by atoms with Crippen LogP contribution in [0.2, 0.25) is 0 Å². The predicted molar refractivity (Wildman–Crippen MR) is 39.4 cm³/mol. The lowest BCUT2D eigenvalue weighted by Gasteiger charge is -2.22. The Morgan fingerprint density at radius 3 is 2.44 bits per heavy atom. The van der Waals surface area contributed by atoms with E-state index in [4.69, 9.17) is 10.5 Å². The normalized spacial score (nSPS) is 17.3. The second-order valence-corrected chi connectivity index (χ2v) is 2.84. The molecule has 0 unspecified atom stereocenters. The van der Waals surface area contributed by atoms with Crippen LogP contribution in [-0.2, 0) is 4.74 Å². The highest BCUT2D eigenvalue weighted by Gasteiger charge is 2.15. The standard InChI is InChI=1S/C7H17NO/c1-4-5-7(2,8)6-9-3/h4-6,8H2,1-3H3/t7-/m0/s1. The van der Waals surface area contributed by atoms with Crippen LogP contribution < -0.4 is 5.73 Å². The number of hydrogen-bond acceptors (Lipinski definition) is 2. The Morgan fingerprint density at radius 1 is 1.56 bits per heavy atom. The Balaban J connectivity index is 3.43. The van der Waals surface area contributed by atoms with Gasteiger partial charge in [0.05, 0.1) is 6.61 Å². The average molecular weight is 131 g/mol. The van der Waals surface area contributed by atoms with E-state index in [1.807, 2.05) is 6.92 Å². The van der Waals surface area contributed by atoms with E-state index in [1.54, 1.807) is 7.11 Å². The van der Waals surface area contributed by atoms with Crippen molar-refractivity contribution in [2.75, 3.05) is 13.7 Å². The molecule has 0 spiro atoms. The molecule has 2 nitrogen and oxygen atoms in total. The zero-order valence-corrected chi connectivity index (χ0v) is 6.61. The van der Waals surface area contributed by atoms with Crippen LogP contribution in [0.15, 0.2) is 0 Å². The van der Waals surface area contributed by atoms with E-state index in [0.717, 1.165) is 12.8 Å². The summed E-state index contributed by atoms with van der Waals surface area (Å²) in [5.74, 6) is 0. The third kappa shape index (κ3) is 4.43. The highest BCUT2D eigenvalue weighted by Crippen LogP contribution is 2.07. The Hall–Kier alpha value is -0.0800. The van der Waals surface area contributed by atoms with Gasteiger partial charge in [-0.05, 0) is 13.3 Å². The van der Waals surface area contributed by atoms with Gasteiger partial charge in [-0.15, -0.1) is 0 Å². The summed E-state index contributed by atoms with van der Waals surface area (Å²) in [6, 6.07) is 0. The maximum atomic E-state index is 5.81. The molecule has 0 rings (SSSR count). The molecular weight excluding hydrogens is 114 g/mol. The molecule has 0 aliphatic rings. The van der Waals surface area contributed by atoms with E-state index in [2.05, 4.69) is 6.92 Å². The summed E-state index contributed by atoms with van der Waals surface area (Å²) in [7, 11) is 1.68. The van der Waals surface area contributed by atoms with Gasteiger partial charge in [-0.25, -0.2) is 0 Å². The smallest absolute Gasteiger partial charge is 0.0639 e. The third-order valence-electron chi connectivity index (χ3n) is 1.30. The summed E-state index contributed by atoms with van der Waals surface area (Å²) in [6.45, 7) is 4.79. The topological polar surface area (TPSA) is 35.2 Å². The van der Waals surface area contributed by atoms with Crippen molar-refractivity contribution in [3.8, 4) is 0 Å². The van der Waals surface area contributed by atoms with Gasteiger partial charge < -0.3 is 10.5 Å². The average Bonchev–Trinajstić information content (AvgIpc) is 1.64. The fourth-order valence-corrected chi connectivity index (χ4v) is 0.973. The summed E-state index contributed by atoms with van der Waals surface area (Å²) in [6.07, 6.45) is 2.15. The first-order valence-electron chi connectivity index (χ1n) is 3.40. The molecule has 0 saturated carbocycles. The quantitative estimate of drug-likeness (QED) is 0.621. The van der Waals surface area contributed by atoms with Crippen LogP contribution >= 0.6 is 0 Å². The van der Waals surface area contributed by atoms with E-state index in [-0.39, 0.29) is 5.54 Å². The minimum absolute atomic E-state index is 0.122. The van der Waals surface area contributed by atoms with E-state index >= 15 is 0 Å². The van der Waals surface area contributed by atoms with Crippen molar-refractivity contribution in [1.82, 2.24) is 0 Å². The predicted octanol–water partition coefficient (Wildman–Crippen LogP) is 1.15. The lowest BCUT2D eigenvalue weighted by molar-refractivity contribution is 0.135. The van der Waals surface area contributed by atoms with Crippen LogP contribution in [0.1, 0.15) is 26.7 Å². The zero-order chi connectivity index (χ0) is 7.33. The molecule has 0 bridgehead atoms. The van der Waals surface area contributed by atoms with Crippen LogP contribution in [0.3, 0.4) is 0 Å². The zero-order valence-electron chi connectivity index (χ0n) is 6.61. The summed E-state index contributed by atoms with van der Waals surface area (Å²) in [5, 5.41) is 0. The summed E-state index contributed by atoms with van der Waals surface area (Å²) < 4.78 is 4.93. The fourth-order valence-electron chi connectivity index (χ4n) is 0.973. The molecule has 0 aromatic rings. The molecule has 2 heteroatoms. The molecule has 0 aliphatic carbocycles. The Bertz CT molecular complexity index is 63.3. The van der Waals surface area contributed by atoms with Gasteiger partial charge in [-0.2, -0.15) is 0 Å². The SMILES string of the molecule is CCC[C@](C)(N)COC. The Morgan fingerprint density at radius 2 is 2.11 bits per heavy atom. The molecule has 1 atom stereocenters. The molecule has 56 valence electrons.